The largest absolute Gasteiger partial charge is 0.378 e. The Morgan fingerprint density at radius 2 is 1.89 bits per heavy atom. The predicted molar refractivity (Wildman–Crippen MR) is 136 cm³/mol. The van der Waals surface area contributed by atoms with Gasteiger partial charge in [-0.05, 0) is 31.7 Å². The molecule has 2 aliphatic rings. The first-order valence-electron chi connectivity index (χ1n) is 11.8. The van der Waals surface area contributed by atoms with Gasteiger partial charge in [-0.15, -0.1) is 11.3 Å². The van der Waals surface area contributed by atoms with Gasteiger partial charge < -0.3 is 14.5 Å². The molecule has 14 heteroatoms. The van der Waals surface area contributed by atoms with Crippen LogP contribution in [-0.4, -0.2) is 81.2 Å². The van der Waals surface area contributed by atoms with E-state index in [9.17, 15) is 9.00 Å². The standard InChI is InChI=1S/C22H28N8O4S2/c1-14-26-17-10-18(35-19(17)20(27-14)29-6-8-34-9-7-29)36(33)25-11-15-2-4-30(5-3-15)22-23-12-16(13-24-22)21(31)28-32/h10,12-13,15,25,32H,2-9,11H2,1H3,(H,28,31). The molecule has 0 aliphatic carbocycles. The molecule has 3 aromatic heterocycles. The number of carbonyl (C=O) groups excluding carboxylic acids is 1. The second kappa shape index (κ2) is 11.1. The third kappa shape index (κ3) is 5.47. The van der Waals surface area contributed by atoms with Gasteiger partial charge in [0.05, 0.1) is 29.0 Å². The average Bonchev–Trinajstić information content (AvgIpc) is 3.36. The number of fused-ring (bicyclic) bond motifs is 1. The number of rotatable bonds is 7. The van der Waals surface area contributed by atoms with Crippen LogP contribution in [0.4, 0.5) is 11.8 Å². The van der Waals surface area contributed by atoms with Crippen molar-refractivity contribution in [1.29, 1.82) is 0 Å². The maximum absolute atomic E-state index is 13.1. The first kappa shape index (κ1) is 24.9. The lowest BCUT2D eigenvalue weighted by atomic mass is 9.97. The fourth-order valence-electron chi connectivity index (χ4n) is 4.36. The molecule has 192 valence electrons. The highest BCUT2D eigenvalue weighted by Crippen LogP contribution is 2.34. The highest BCUT2D eigenvalue weighted by molar-refractivity contribution is 7.85. The molecule has 1 unspecified atom stereocenters. The second-order valence-corrected chi connectivity index (χ2v) is 11.3. The van der Waals surface area contributed by atoms with Crippen LogP contribution in [0.25, 0.3) is 10.2 Å². The van der Waals surface area contributed by atoms with Gasteiger partial charge in [-0.25, -0.2) is 34.3 Å². The molecule has 0 radical (unpaired) electrons. The summed E-state index contributed by atoms with van der Waals surface area (Å²) < 4.78 is 23.5. The maximum atomic E-state index is 13.1. The summed E-state index contributed by atoms with van der Waals surface area (Å²) in [6.45, 7) is 6.98. The van der Waals surface area contributed by atoms with Gasteiger partial charge in [0.15, 0.2) is 5.82 Å². The molecule has 3 N–H and O–H groups in total. The van der Waals surface area contributed by atoms with E-state index in [4.69, 9.17) is 9.94 Å². The lowest BCUT2D eigenvalue weighted by molar-refractivity contribution is 0.0705. The number of hydroxylamine groups is 1. The number of nitrogens with one attached hydrogen (secondary N) is 2. The number of morpholine rings is 1. The minimum Gasteiger partial charge on any atom is -0.378 e. The van der Waals surface area contributed by atoms with E-state index in [-0.39, 0.29) is 5.56 Å². The van der Waals surface area contributed by atoms with Crippen molar-refractivity contribution < 1.29 is 18.9 Å². The van der Waals surface area contributed by atoms with E-state index in [0.717, 1.165) is 59.3 Å². The van der Waals surface area contributed by atoms with Gasteiger partial charge in [-0.2, -0.15) is 0 Å². The number of amides is 1. The van der Waals surface area contributed by atoms with Gasteiger partial charge in [0.1, 0.15) is 21.0 Å². The Balaban J connectivity index is 1.17. The van der Waals surface area contributed by atoms with Crippen molar-refractivity contribution in [1.82, 2.24) is 30.1 Å². The molecule has 5 rings (SSSR count). The number of aryl methyl sites for hydroxylation is 1. The summed E-state index contributed by atoms with van der Waals surface area (Å²) in [4.78, 5) is 33.4. The topological polar surface area (TPSA) is 146 Å². The van der Waals surface area contributed by atoms with Gasteiger partial charge in [0.2, 0.25) is 5.95 Å². The average molecular weight is 533 g/mol. The second-order valence-electron chi connectivity index (χ2n) is 8.73. The summed E-state index contributed by atoms with van der Waals surface area (Å²) in [5.41, 5.74) is 2.60. The van der Waals surface area contributed by atoms with Crippen LogP contribution in [0.1, 0.15) is 29.0 Å². The quantitative estimate of drug-likeness (QED) is 0.300. The highest BCUT2D eigenvalue weighted by atomic mass is 32.2. The number of carbonyl (C=O) groups is 1. The lowest BCUT2D eigenvalue weighted by Gasteiger charge is -2.31. The SMILES string of the molecule is Cc1nc(N2CCOCC2)c2sc(S(=O)NCC3CCN(c4ncc(C(=O)NO)cn4)CC3)cc2n1. The van der Waals surface area contributed by atoms with Crippen molar-refractivity contribution in [3.63, 3.8) is 0 Å². The molecular formula is C22H28N8O4S2. The third-order valence-electron chi connectivity index (χ3n) is 6.34. The molecular weight excluding hydrogens is 504 g/mol. The van der Waals surface area contributed by atoms with Crippen LogP contribution in [0.3, 0.4) is 0 Å². The number of aromatic nitrogens is 4. The maximum Gasteiger partial charge on any atom is 0.277 e. The minimum absolute atomic E-state index is 0.197. The van der Waals surface area contributed by atoms with Crippen LogP contribution >= 0.6 is 11.3 Å². The highest BCUT2D eigenvalue weighted by Gasteiger charge is 2.23. The van der Waals surface area contributed by atoms with Gasteiger partial charge in [0.25, 0.3) is 5.91 Å². The van der Waals surface area contributed by atoms with E-state index in [0.29, 0.717) is 37.4 Å². The molecule has 12 nitrogen and oxygen atoms in total. The first-order valence-corrected chi connectivity index (χ1v) is 13.8. The Hall–Kier alpha value is -2.78. The van der Waals surface area contributed by atoms with Crippen LogP contribution in [0.5, 0.6) is 0 Å². The van der Waals surface area contributed by atoms with Crippen molar-refractivity contribution in [2.45, 2.75) is 24.0 Å². The molecule has 2 fully saturated rings. The molecule has 0 saturated carbocycles. The van der Waals surface area contributed by atoms with E-state index in [1.165, 1.54) is 23.7 Å². The monoisotopic (exact) mass is 532 g/mol. The smallest absolute Gasteiger partial charge is 0.277 e. The van der Waals surface area contributed by atoms with Gasteiger partial charge in [-0.3, -0.25) is 10.0 Å². The van der Waals surface area contributed by atoms with Crippen LogP contribution in [-0.2, 0) is 15.7 Å². The summed E-state index contributed by atoms with van der Waals surface area (Å²) in [6, 6.07) is 1.91. The molecule has 5 heterocycles. The minimum atomic E-state index is -1.33. The molecule has 3 aromatic rings. The van der Waals surface area contributed by atoms with Crippen LogP contribution in [0, 0.1) is 12.8 Å². The number of hydrogen-bond acceptors (Lipinski definition) is 11. The molecule has 2 aliphatic heterocycles. The summed E-state index contributed by atoms with van der Waals surface area (Å²) in [7, 11) is -1.33. The number of piperidine rings is 1. The summed E-state index contributed by atoms with van der Waals surface area (Å²) in [5.74, 6) is 1.89. The summed E-state index contributed by atoms with van der Waals surface area (Å²) in [6.07, 6.45) is 4.60. The Bertz CT molecular complexity index is 1240. The number of ether oxygens (including phenoxy) is 1. The predicted octanol–water partition coefficient (Wildman–Crippen LogP) is 1.27. The van der Waals surface area contributed by atoms with Gasteiger partial charge >= 0.3 is 0 Å². The zero-order valence-corrected chi connectivity index (χ0v) is 21.5. The van der Waals surface area contributed by atoms with E-state index >= 15 is 0 Å². The van der Waals surface area contributed by atoms with E-state index in [2.05, 4.69) is 34.5 Å². The molecule has 1 amide bonds. The van der Waals surface area contributed by atoms with Crippen molar-refractivity contribution in [3.05, 3.63) is 29.8 Å². The number of anilines is 2. The number of nitrogens with zero attached hydrogens (tertiary/aromatic N) is 6. The first-order chi connectivity index (χ1) is 17.5. The van der Waals surface area contributed by atoms with Gasteiger partial charge in [-0.1, -0.05) is 0 Å². The number of hydrogen-bond donors (Lipinski definition) is 3. The molecule has 2 saturated heterocycles. The Labute approximate surface area is 214 Å². The van der Waals surface area contributed by atoms with Crippen molar-refractivity contribution >= 4 is 50.2 Å². The van der Waals surface area contributed by atoms with Crippen molar-refractivity contribution in [2.24, 2.45) is 5.92 Å². The fraction of sp³-hybridized carbons (Fsp3) is 0.500. The number of thiophene rings is 1. The normalized spacial score (nSPS) is 17.9. The molecule has 0 aromatic carbocycles. The third-order valence-corrected chi connectivity index (χ3v) is 8.87. The zero-order chi connectivity index (χ0) is 25.1. The summed E-state index contributed by atoms with van der Waals surface area (Å²) in [5, 5.41) is 8.71. The lowest BCUT2D eigenvalue weighted by Crippen LogP contribution is -2.38. The van der Waals surface area contributed by atoms with E-state index in [1.54, 1.807) is 5.48 Å². The van der Waals surface area contributed by atoms with Crippen LogP contribution < -0.4 is 20.0 Å². The molecule has 0 spiro atoms. The van der Waals surface area contributed by atoms with E-state index < -0.39 is 16.9 Å². The van der Waals surface area contributed by atoms with E-state index in [1.807, 2.05) is 13.0 Å². The molecule has 1 atom stereocenters. The van der Waals surface area contributed by atoms with Crippen molar-refractivity contribution in [3.8, 4) is 0 Å². The fourth-order valence-corrected chi connectivity index (χ4v) is 6.68. The Morgan fingerprint density at radius 1 is 1.17 bits per heavy atom. The summed E-state index contributed by atoms with van der Waals surface area (Å²) >= 11 is 1.48. The van der Waals surface area contributed by atoms with Crippen molar-refractivity contribution in [2.75, 3.05) is 55.7 Å². The molecule has 0 bridgehead atoms. The Morgan fingerprint density at radius 3 is 2.58 bits per heavy atom. The Kier molecular flexibility index (Phi) is 7.67. The van der Waals surface area contributed by atoms with Crippen LogP contribution in [0.2, 0.25) is 0 Å². The zero-order valence-electron chi connectivity index (χ0n) is 19.8. The van der Waals surface area contributed by atoms with Crippen LogP contribution in [0.15, 0.2) is 22.7 Å². The van der Waals surface area contributed by atoms with Gasteiger partial charge in [0, 0.05) is 45.1 Å². The molecule has 36 heavy (non-hydrogen) atoms.